The van der Waals surface area contributed by atoms with Gasteiger partial charge >= 0.3 is 0 Å². The van der Waals surface area contributed by atoms with Crippen molar-refractivity contribution in [3.8, 4) is 0 Å². The van der Waals surface area contributed by atoms with Gasteiger partial charge in [0.2, 0.25) is 0 Å². The predicted octanol–water partition coefficient (Wildman–Crippen LogP) is 3.69. The fraction of sp³-hybridized carbons (Fsp3) is 0.182. The molecule has 0 atom stereocenters. The number of amides is 1. The third-order valence-electron chi connectivity index (χ3n) is 4.23. The number of hydrogen-bond acceptors (Lipinski definition) is 3. The fourth-order valence-electron chi connectivity index (χ4n) is 2.75. The Balaban J connectivity index is 1.52. The van der Waals surface area contributed by atoms with Crippen LogP contribution in [0.3, 0.4) is 0 Å². The van der Waals surface area contributed by atoms with Crippen molar-refractivity contribution in [3.63, 3.8) is 0 Å². The molecule has 0 spiro atoms. The molecular formula is C22H23N3O. The van der Waals surface area contributed by atoms with Crippen LogP contribution in [0.4, 0.5) is 5.69 Å². The highest BCUT2D eigenvalue weighted by atomic mass is 16.1. The van der Waals surface area contributed by atoms with Gasteiger partial charge in [-0.2, -0.15) is 0 Å². The molecule has 0 aliphatic carbocycles. The van der Waals surface area contributed by atoms with Crippen molar-refractivity contribution in [1.82, 2.24) is 10.3 Å². The van der Waals surface area contributed by atoms with Crippen LogP contribution in [0, 0.1) is 0 Å². The maximum absolute atomic E-state index is 12.2. The Bertz CT molecular complexity index is 817. The fourth-order valence-corrected chi connectivity index (χ4v) is 2.75. The number of carbonyl (C=O) groups is 1. The Hall–Kier alpha value is -3.14. The van der Waals surface area contributed by atoms with Crippen LogP contribution in [0.15, 0.2) is 79.0 Å². The number of aromatic nitrogens is 1. The summed E-state index contributed by atoms with van der Waals surface area (Å²) in [5, 5.41) is 2.92. The molecule has 0 aliphatic heterocycles. The van der Waals surface area contributed by atoms with Gasteiger partial charge in [0, 0.05) is 20.1 Å². The summed E-state index contributed by atoms with van der Waals surface area (Å²) >= 11 is 0. The van der Waals surface area contributed by atoms with Crippen LogP contribution in [0.2, 0.25) is 0 Å². The van der Waals surface area contributed by atoms with Crippen molar-refractivity contribution in [2.75, 3.05) is 18.5 Å². The van der Waals surface area contributed by atoms with E-state index in [4.69, 9.17) is 0 Å². The molecule has 0 radical (unpaired) electrons. The molecule has 2 aromatic carbocycles. The van der Waals surface area contributed by atoms with Gasteiger partial charge in [0.25, 0.3) is 5.91 Å². The smallest absolute Gasteiger partial charge is 0.269 e. The van der Waals surface area contributed by atoms with Crippen LogP contribution in [-0.2, 0) is 13.0 Å². The lowest BCUT2D eigenvalue weighted by Crippen LogP contribution is -2.26. The van der Waals surface area contributed by atoms with Gasteiger partial charge in [0.15, 0.2) is 0 Å². The Labute approximate surface area is 154 Å². The van der Waals surface area contributed by atoms with Crippen LogP contribution in [0.5, 0.6) is 0 Å². The number of carbonyl (C=O) groups excluding carboxylic acids is 1. The molecule has 3 aromatic rings. The van der Waals surface area contributed by atoms with E-state index in [1.165, 1.54) is 11.1 Å². The van der Waals surface area contributed by atoms with E-state index in [1.807, 2.05) is 49.5 Å². The molecule has 26 heavy (non-hydrogen) atoms. The van der Waals surface area contributed by atoms with Crippen molar-refractivity contribution in [3.05, 3.63) is 95.8 Å². The van der Waals surface area contributed by atoms with Crippen molar-refractivity contribution in [2.24, 2.45) is 0 Å². The molecule has 0 fully saturated rings. The van der Waals surface area contributed by atoms with Gasteiger partial charge in [0.05, 0.1) is 11.9 Å². The lowest BCUT2D eigenvalue weighted by Gasteiger charge is -2.19. The van der Waals surface area contributed by atoms with Crippen LogP contribution in [0.1, 0.15) is 21.6 Å². The molecule has 132 valence electrons. The van der Waals surface area contributed by atoms with Gasteiger partial charge in [0.1, 0.15) is 5.69 Å². The predicted molar refractivity (Wildman–Crippen MR) is 105 cm³/mol. The summed E-state index contributed by atoms with van der Waals surface area (Å²) in [7, 11) is 2.02. The van der Waals surface area contributed by atoms with Crippen LogP contribution in [-0.4, -0.2) is 24.5 Å². The largest absolute Gasteiger partial charge is 0.369 e. The monoisotopic (exact) mass is 345 g/mol. The maximum Gasteiger partial charge on any atom is 0.269 e. The quantitative estimate of drug-likeness (QED) is 0.710. The van der Waals surface area contributed by atoms with E-state index in [-0.39, 0.29) is 5.91 Å². The van der Waals surface area contributed by atoms with Crippen molar-refractivity contribution >= 4 is 11.6 Å². The lowest BCUT2D eigenvalue weighted by atomic mass is 10.1. The van der Waals surface area contributed by atoms with Gasteiger partial charge < -0.3 is 10.2 Å². The Morgan fingerprint density at radius 2 is 1.58 bits per heavy atom. The van der Waals surface area contributed by atoms with E-state index in [0.29, 0.717) is 12.2 Å². The minimum absolute atomic E-state index is 0.141. The zero-order valence-corrected chi connectivity index (χ0v) is 14.9. The first kappa shape index (κ1) is 17.7. The SMILES string of the molecule is CN(Cc1ccccc1)c1ccc(C(=O)NCCc2ccccc2)nc1. The van der Waals surface area contributed by atoms with Gasteiger partial charge in [-0.15, -0.1) is 0 Å². The first-order valence-corrected chi connectivity index (χ1v) is 8.75. The van der Waals surface area contributed by atoms with E-state index in [1.54, 1.807) is 12.3 Å². The minimum atomic E-state index is -0.141. The summed E-state index contributed by atoms with van der Waals surface area (Å²) in [5.74, 6) is -0.141. The van der Waals surface area contributed by atoms with E-state index in [2.05, 4.69) is 39.5 Å². The summed E-state index contributed by atoms with van der Waals surface area (Å²) in [6, 6.07) is 24.1. The average Bonchev–Trinajstić information content (AvgIpc) is 2.69. The Morgan fingerprint density at radius 1 is 0.923 bits per heavy atom. The number of rotatable bonds is 7. The number of anilines is 1. The molecule has 0 aliphatic rings. The highest BCUT2D eigenvalue weighted by Crippen LogP contribution is 2.14. The van der Waals surface area contributed by atoms with E-state index < -0.39 is 0 Å². The molecule has 1 heterocycles. The second-order valence-corrected chi connectivity index (χ2v) is 6.23. The zero-order valence-electron chi connectivity index (χ0n) is 14.9. The highest BCUT2D eigenvalue weighted by Gasteiger charge is 2.08. The third kappa shape index (κ3) is 4.93. The van der Waals surface area contributed by atoms with Crippen molar-refractivity contribution in [1.29, 1.82) is 0 Å². The molecule has 0 saturated heterocycles. The van der Waals surface area contributed by atoms with Gasteiger partial charge in [-0.3, -0.25) is 4.79 Å². The molecule has 0 saturated carbocycles. The number of nitrogens with zero attached hydrogens (tertiary/aromatic N) is 2. The van der Waals surface area contributed by atoms with Crippen LogP contribution in [0.25, 0.3) is 0 Å². The molecule has 0 unspecified atom stereocenters. The molecule has 1 N–H and O–H groups in total. The average molecular weight is 345 g/mol. The molecule has 4 nitrogen and oxygen atoms in total. The summed E-state index contributed by atoms with van der Waals surface area (Å²) in [4.78, 5) is 18.6. The van der Waals surface area contributed by atoms with Crippen molar-refractivity contribution < 1.29 is 4.79 Å². The number of nitrogens with one attached hydrogen (secondary N) is 1. The number of benzene rings is 2. The zero-order chi connectivity index (χ0) is 18.2. The van der Waals surface area contributed by atoms with Gasteiger partial charge in [-0.1, -0.05) is 60.7 Å². The minimum Gasteiger partial charge on any atom is -0.369 e. The Kier molecular flexibility index (Phi) is 5.99. The summed E-state index contributed by atoms with van der Waals surface area (Å²) in [6.07, 6.45) is 2.56. The van der Waals surface area contributed by atoms with Crippen LogP contribution >= 0.6 is 0 Å². The topological polar surface area (TPSA) is 45.2 Å². The van der Waals surface area contributed by atoms with E-state index >= 15 is 0 Å². The molecule has 3 rings (SSSR count). The third-order valence-corrected chi connectivity index (χ3v) is 4.23. The lowest BCUT2D eigenvalue weighted by molar-refractivity contribution is 0.0949. The van der Waals surface area contributed by atoms with E-state index in [0.717, 1.165) is 18.7 Å². The van der Waals surface area contributed by atoms with Crippen LogP contribution < -0.4 is 10.2 Å². The van der Waals surface area contributed by atoms with E-state index in [9.17, 15) is 4.79 Å². The first-order valence-electron chi connectivity index (χ1n) is 8.75. The second kappa shape index (κ2) is 8.81. The molecule has 1 aromatic heterocycles. The van der Waals surface area contributed by atoms with Gasteiger partial charge in [-0.05, 0) is 29.7 Å². The van der Waals surface area contributed by atoms with Crippen molar-refractivity contribution in [2.45, 2.75) is 13.0 Å². The molecule has 1 amide bonds. The first-order chi connectivity index (χ1) is 12.7. The maximum atomic E-state index is 12.2. The molecule has 0 bridgehead atoms. The van der Waals surface area contributed by atoms with Gasteiger partial charge in [-0.25, -0.2) is 4.98 Å². The number of pyridine rings is 1. The second-order valence-electron chi connectivity index (χ2n) is 6.23. The summed E-state index contributed by atoms with van der Waals surface area (Å²) in [5.41, 5.74) is 3.86. The summed E-state index contributed by atoms with van der Waals surface area (Å²) in [6.45, 7) is 1.39. The highest BCUT2D eigenvalue weighted by molar-refractivity contribution is 5.92. The standard InChI is InChI=1S/C22H23N3O/c1-25(17-19-10-6-3-7-11-19)20-12-13-21(24-16-20)22(26)23-15-14-18-8-4-2-5-9-18/h2-13,16H,14-15,17H2,1H3,(H,23,26). The molecular weight excluding hydrogens is 322 g/mol. The normalized spacial score (nSPS) is 10.3. The molecule has 4 heteroatoms. The number of hydrogen-bond donors (Lipinski definition) is 1. The Morgan fingerprint density at radius 3 is 2.19 bits per heavy atom. The summed E-state index contributed by atoms with van der Waals surface area (Å²) < 4.78 is 0.